The molecule has 0 aliphatic carbocycles. The van der Waals surface area contributed by atoms with E-state index >= 15 is 0 Å². The van der Waals surface area contributed by atoms with E-state index in [2.05, 4.69) is 5.32 Å². The minimum Gasteiger partial charge on any atom is -0.325 e. The van der Waals surface area contributed by atoms with E-state index in [1.807, 2.05) is 37.3 Å². The summed E-state index contributed by atoms with van der Waals surface area (Å²) in [6.45, 7) is 2.37. The highest BCUT2D eigenvalue weighted by atomic mass is 32.2. The van der Waals surface area contributed by atoms with Gasteiger partial charge in [0.1, 0.15) is 0 Å². The maximum absolute atomic E-state index is 12.3. The Hall–Kier alpha value is -1.99. The Kier molecular flexibility index (Phi) is 5.34. The van der Waals surface area contributed by atoms with E-state index in [-0.39, 0.29) is 16.9 Å². The Balaban J connectivity index is 1.62. The average molecular weight is 377 g/mol. The lowest BCUT2D eigenvalue weighted by Crippen LogP contribution is -2.25. The van der Waals surface area contributed by atoms with E-state index in [1.165, 1.54) is 16.1 Å². The van der Waals surface area contributed by atoms with Crippen LogP contribution >= 0.6 is 11.8 Å². The minimum absolute atomic E-state index is 0.0876. The predicted molar refractivity (Wildman–Crippen MR) is 103 cm³/mol. The summed E-state index contributed by atoms with van der Waals surface area (Å²) in [4.78, 5) is 13.4. The quantitative estimate of drug-likeness (QED) is 0.813. The lowest BCUT2D eigenvalue weighted by molar-refractivity contribution is -0.115. The van der Waals surface area contributed by atoms with Crippen molar-refractivity contribution in [1.82, 2.24) is 0 Å². The van der Waals surface area contributed by atoms with E-state index in [4.69, 9.17) is 0 Å². The van der Waals surface area contributed by atoms with E-state index < -0.39 is 10.0 Å². The van der Waals surface area contributed by atoms with Crippen LogP contribution in [0.4, 0.5) is 11.4 Å². The average Bonchev–Trinajstić information content (AvgIpc) is 2.95. The Labute approximate surface area is 152 Å². The minimum atomic E-state index is -3.18. The van der Waals surface area contributed by atoms with Crippen molar-refractivity contribution in [1.29, 1.82) is 0 Å². The first-order valence-electron chi connectivity index (χ1n) is 8.09. The van der Waals surface area contributed by atoms with Crippen molar-refractivity contribution in [3.05, 3.63) is 54.6 Å². The van der Waals surface area contributed by atoms with Gasteiger partial charge in [0.2, 0.25) is 15.9 Å². The van der Waals surface area contributed by atoms with Gasteiger partial charge in [-0.05, 0) is 49.7 Å². The number of carbonyl (C=O) groups is 1. The Morgan fingerprint density at radius 1 is 1.12 bits per heavy atom. The Morgan fingerprint density at radius 3 is 2.40 bits per heavy atom. The largest absolute Gasteiger partial charge is 0.325 e. The molecular weight excluding hydrogens is 356 g/mol. The molecule has 1 fully saturated rings. The van der Waals surface area contributed by atoms with Gasteiger partial charge in [-0.3, -0.25) is 9.10 Å². The number of carbonyl (C=O) groups excluding carboxylic acids is 1. The maximum Gasteiger partial charge on any atom is 0.237 e. The number of rotatable bonds is 5. The van der Waals surface area contributed by atoms with E-state index in [1.54, 1.807) is 24.3 Å². The molecule has 25 heavy (non-hydrogen) atoms. The first-order valence-corrected chi connectivity index (χ1v) is 10.6. The van der Waals surface area contributed by atoms with Crippen LogP contribution in [0.15, 0.2) is 59.5 Å². The molecule has 7 heteroatoms. The van der Waals surface area contributed by atoms with Gasteiger partial charge in [-0.15, -0.1) is 11.8 Å². The second kappa shape index (κ2) is 7.49. The number of anilines is 2. The molecule has 1 aliphatic rings. The molecular formula is C18H20N2O3S2. The smallest absolute Gasteiger partial charge is 0.237 e. The van der Waals surface area contributed by atoms with Gasteiger partial charge in [-0.25, -0.2) is 8.42 Å². The Bertz CT molecular complexity index is 836. The fourth-order valence-electron chi connectivity index (χ4n) is 2.64. The summed E-state index contributed by atoms with van der Waals surface area (Å²) in [5.41, 5.74) is 1.30. The molecule has 2 aromatic rings. The summed E-state index contributed by atoms with van der Waals surface area (Å²) in [7, 11) is -3.18. The molecule has 0 radical (unpaired) electrons. The zero-order valence-electron chi connectivity index (χ0n) is 13.9. The number of amides is 1. The highest BCUT2D eigenvalue weighted by molar-refractivity contribution is 8.00. The second-order valence-corrected chi connectivity index (χ2v) is 9.28. The number of hydrogen-bond donors (Lipinski definition) is 1. The molecule has 132 valence electrons. The van der Waals surface area contributed by atoms with Crippen LogP contribution in [-0.2, 0) is 14.8 Å². The van der Waals surface area contributed by atoms with E-state index in [0.717, 1.165) is 4.90 Å². The molecule has 1 atom stereocenters. The summed E-state index contributed by atoms with van der Waals surface area (Å²) in [6.07, 6.45) is 0.648. The lowest BCUT2D eigenvalue weighted by Gasteiger charge is -2.17. The SMILES string of the molecule is CC(Sc1ccccc1)C(=O)Nc1ccc(N2CCCS2(=O)=O)cc1. The standard InChI is InChI=1S/C18H20N2O3S2/c1-14(24-17-6-3-2-4-7-17)18(21)19-15-8-10-16(11-9-15)20-12-5-13-25(20,22)23/h2-4,6-11,14H,5,12-13H2,1H3,(H,19,21). The van der Waals surface area contributed by atoms with Crippen molar-refractivity contribution >= 4 is 39.1 Å². The van der Waals surface area contributed by atoms with Crippen molar-refractivity contribution in [2.24, 2.45) is 0 Å². The molecule has 0 bridgehead atoms. The highest BCUT2D eigenvalue weighted by Gasteiger charge is 2.28. The van der Waals surface area contributed by atoms with Gasteiger partial charge >= 0.3 is 0 Å². The number of nitrogens with zero attached hydrogens (tertiary/aromatic N) is 1. The van der Waals surface area contributed by atoms with Gasteiger partial charge in [-0.2, -0.15) is 0 Å². The number of hydrogen-bond acceptors (Lipinski definition) is 4. The fourth-order valence-corrected chi connectivity index (χ4v) is 5.09. The van der Waals surface area contributed by atoms with Crippen LogP contribution in [0.5, 0.6) is 0 Å². The third-order valence-electron chi connectivity index (χ3n) is 3.95. The second-order valence-electron chi connectivity index (χ2n) is 5.85. The third kappa shape index (κ3) is 4.35. The first-order chi connectivity index (χ1) is 12.0. The number of benzene rings is 2. The van der Waals surface area contributed by atoms with Crippen LogP contribution in [0.2, 0.25) is 0 Å². The highest BCUT2D eigenvalue weighted by Crippen LogP contribution is 2.26. The summed E-state index contributed by atoms with van der Waals surface area (Å²) < 4.78 is 25.3. The molecule has 0 aromatic heterocycles. The van der Waals surface area contributed by atoms with Crippen LogP contribution in [0, 0.1) is 0 Å². The van der Waals surface area contributed by atoms with Crippen molar-refractivity contribution in [2.75, 3.05) is 21.9 Å². The molecule has 0 saturated carbocycles. The molecule has 1 unspecified atom stereocenters. The summed E-state index contributed by atoms with van der Waals surface area (Å²) >= 11 is 1.49. The summed E-state index contributed by atoms with van der Waals surface area (Å²) in [5.74, 6) is 0.107. The lowest BCUT2D eigenvalue weighted by atomic mass is 10.2. The zero-order valence-corrected chi connectivity index (χ0v) is 15.5. The zero-order chi connectivity index (χ0) is 17.9. The topological polar surface area (TPSA) is 66.5 Å². The first kappa shape index (κ1) is 17.8. The van der Waals surface area contributed by atoms with Gasteiger partial charge in [0.25, 0.3) is 0 Å². The Morgan fingerprint density at radius 2 is 1.80 bits per heavy atom. The van der Waals surface area contributed by atoms with E-state index in [0.29, 0.717) is 24.3 Å². The van der Waals surface area contributed by atoms with Crippen molar-refractivity contribution < 1.29 is 13.2 Å². The molecule has 5 nitrogen and oxygen atoms in total. The number of sulfonamides is 1. The van der Waals surface area contributed by atoms with Crippen molar-refractivity contribution in [3.63, 3.8) is 0 Å². The molecule has 0 spiro atoms. The number of thioether (sulfide) groups is 1. The molecule has 2 aromatic carbocycles. The van der Waals surface area contributed by atoms with Gasteiger partial charge in [-0.1, -0.05) is 18.2 Å². The van der Waals surface area contributed by atoms with Crippen LogP contribution in [-0.4, -0.2) is 31.9 Å². The van der Waals surface area contributed by atoms with Gasteiger partial charge < -0.3 is 5.32 Å². The molecule has 1 amide bonds. The molecule has 1 saturated heterocycles. The molecule has 1 heterocycles. The van der Waals surface area contributed by atoms with Crippen LogP contribution in [0.3, 0.4) is 0 Å². The summed E-state index contributed by atoms with van der Waals surface area (Å²) in [5, 5.41) is 2.64. The van der Waals surface area contributed by atoms with Gasteiger partial charge in [0.15, 0.2) is 0 Å². The van der Waals surface area contributed by atoms with Crippen molar-refractivity contribution in [3.8, 4) is 0 Å². The maximum atomic E-state index is 12.3. The van der Waals surface area contributed by atoms with Gasteiger partial charge in [0, 0.05) is 17.1 Å². The van der Waals surface area contributed by atoms with Gasteiger partial charge in [0.05, 0.1) is 16.7 Å². The molecule has 1 N–H and O–H groups in total. The van der Waals surface area contributed by atoms with Crippen LogP contribution in [0.1, 0.15) is 13.3 Å². The fraction of sp³-hybridized carbons (Fsp3) is 0.278. The molecule has 3 rings (SSSR count). The predicted octanol–water partition coefficient (Wildman–Crippen LogP) is 3.35. The summed E-state index contributed by atoms with van der Waals surface area (Å²) in [6, 6.07) is 16.7. The van der Waals surface area contributed by atoms with E-state index in [9.17, 15) is 13.2 Å². The third-order valence-corrected chi connectivity index (χ3v) is 6.93. The van der Waals surface area contributed by atoms with Crippen LogP contribution < -0.4 is 9.62 Å². The molecule has 1 aliphatic heterocycles. The number of nitrogens with one attached hydrogen (secondary N) is 1. The normalized spacial score (nSPS) is 17.2. The monoisotopic (exact) mass is 376 g/mol. The van der Waals surface area contributed by atoms with Crippen molar-refractivity contribution in [2.45, 2.75) is 23.5 Å². The van der Waals surface area contributed by atoms with Crippen LogP contribution in [0.25, 0.3) is 0 Å².